The molecular formula is C50H43N3. The van der Waals surface area contributed by atoms with E-state index in [0.717, 1.165) is 17.8 Å². The van der Waals surface area contributed by atoms with Crippen LogP contribution in [0.4, 0.5) is 17.1 Å². The zero-order valence-corrected chi connectivity index (χ0v) is 31.3. The summed E-state index contributed by atoms with van der Waals surface area (Å²) < 4.78 is 5.31. The third-order valence-corrected chi connectivity index (χ3v) is 12.2. The van der Waals surface area contributed by atoms with Crippen LogP contribution in [-0.4, -0.2) is 8.97 Å². The summed E-state index contributed by atoms with van der Waals surface area (Å²) in [7, 11) is 0. The van der Waals surface area contributed by atoms with Crippen molar-refractivity contribution in [3.8, 4) is 0 Å². The van der Waals surface area contributed by atoms with Gasteiger partial charge in [0.15, 0.2) is 0 Å². The average Bonchev–Trinajstić information content (AvgIpc) is 3.88. The Hall–Kier alpha value is -5.80. The van der Waals surface area contributed by atoms with Gasteiger partial charge in [0.05, 0.1) is 39.3 Å². The first kappa shape index (κ1) is 30.8. The van der Waals surface area contributed by atoms with Gasteiger partial charge >= 0.3 is 0 Å². The average molecular weight is 686 g/mol. The number of rotatable bonds is 3. The zero-order chi connectivity index (χ0) is 36.0. The number of anilines is 3. The molecule has 0 fully saturated rings. The molecule has 3 nitrogen and oxygen atoms in total. The first-order valence-electron chi connectivity index (χ1n) is 19.1. The summed E-state index contributed by atoms with van der Waals surface area (Å²) in [5.74, 6) is 0. The van der Waals surface area contributed by atoms with Crippen LogP contribution in [0.1, 0.15) is 70.7 Å². The van der Waals surface area contributed by atoms with E-state index in [2.05, 4.69) is 189 Å². The summed E-state index contributed by atoms with van der Waals surface area (Å²) in [5, 5.41) is 8.07. The van der Waals surface area contributed by atoms with Crippen molar-refractivity contribution in [3.63, 3.8) is 0 Å². The number of hydrogen-bond acceptors (Lipinski definition) is 1. The highest BCUT2D eigenvalue weighted by atomic mass is 15.2. The molecule has 6 aromatic carbocycles. The maximum absolute atomic E-state index is 2.73. The molecule has 0 amide bonds. The van der Waals surface area contributed by atoms with Crippen molar-refractivity contribution in [2.45, 2.75) is 64.8 Å². The lowest BCUT2D eigenvalue weighted by Gasteiger charge is -2.26. The predicted molar refractivity (Wildman–Crippen MR) is 227 cm³/mol. The first-order chi connectivity index (χ1) is 25.6. The van der Waals surface area contributed by atoms with Crippen LogP contribution in [0.15, 0.2) is 133 Å². The molecule has 0 N–H and O–H groups in total. The van der Waals surface area contributed by atoms with Gasteiger partial charge in [0, 0.05) is 49.3 Å². The fraction of sp³-hybridized carbons (Fsp3) is 0.200. The molecule has 3 aromatic heterocycles. The zero-order valence-electron chi connectivity index (χ0n) is 31.3. The van der Waals surface area contributed by atoms with Gasteiger partial charge in [-0.2, -0.15) is 0 Å². The van der Waals surface area contributed by atoms with Gasteiger partial charge in [-0.05, 0) is 101 Å². The Kier molecular flexibility index (Phi) is 6.05. The van der Waals surface area contributed by atoms with Crippen LogP contribution in [0.5, 0.6) is 0 Å². The van der Waals surface area contributed by atoms with E-state index in [0.29, 0.717) is 0 Å². The number of nitrogens with zero attached hydrogens (tertiary/aromatic N) is 3. The molecule has 1 atom stereocenters. The molecule has 53 heavy (non-hydrogen) atoms. The molecule has 0 bridgehead atoms. The molecule has 4 heterocycles. The van der Waals surface area contributed by atoms with Crippen LogP contribution < -0.4 is 4.90 Å². The third-order valence-electron chi connectivity index (χ3n) is 12.2. The van der Waals surface area contributed by atoms with Crippen LogP contribution in [0.25, 0.3) is 65.5 Å². The van der Waals surface area contributed by atoms with E-state index < -0.39 is 0 Å². The fourth-order valence-corrected chi connectivity index (χ4v) is 9.62. The molecule has 11 rings (SSSR count). The molecule has 0 saturated carbocycles. The number of allylic oxidation sites excluding steroid dienone is 4. The molecular weight excluding hydrogens is 643 g/mol. The lowest BCUT2D eigenvalue weighted by Crippen LogP contribution is -2.11. The second kappa shape index (κ2) is 10.4. The lowest BCUT2D eigenvalue weighted by atomic mass is 9.84. The summed E-state index contributed by atoms with van der Waals surface area (Å²) in [6.45, 7) is 14.0. The van der Waals surface area contributed by atoms with Gasteiger partial charge in [-0.1, -0.05) is 108 Å². The van der Waals surface area contributed by atoms with E-state index in [1.165, 1.54) is 87.9 Å². The molecule has 0 spiro atoms. The van der Waals surface area contributed by atoms with Crippen molar-refractivity contribution >= 4 is 82.5 Å². The van der Waals surface area contributed by atoms with E-state index >= 15 is 0 Å². The standard InChI is InChI=1S/C50H43N3/c1-49(2,3)30-21-24-41-37(27-30)38-28-31(50(4,5)6)29-39-45-43(52(41)46(38)39)26-23-36-44-42(51(32-15-9-7-10-16-32)33-17-11-8-12-18-33)25-22-35-34-19-13-14-20-40(34)53(47(35)44)48(36)45/h7-19,21-29,40H,20H2,1-6H3. The van der Waals surface area contributed by atoms with Crippen LogP contribution in [0.3, 0.4) is 0 Å². The molecule has 0 saturated heterocycles. The van der Waals surface area contributed by atoms with Gasteiger partial charge in [0.25, 0.3) is 0 Å². The van der Waals surface area contributed by atoms with Gasteiger partial charge in [-0.3, -0.25) is 0 Å². The van der Waals surface area contributed by atoms with E-state index in [1.54, 1.807) is 0 Å². The van der Waals surface area contributed by atoms with Crippen LogP contribution >= 0.6 is 0 Å². The Morgan fingerprint density at radius 1 is 0.566 bits per heavy atom. The smallest absolute Gasteiger partial charge is 0.0633 e. The highest BCUT2D eigenvalue weighted by Gasteiger charge is 2.36. The van der Waals surface area contributed by atoms with Crippen LogP contribution in [0, 0.1) is 0 Å². The number of fused-ring (bicyclic) bond motifs is 13. The molecule has 1 unspecified atom stereocenters. The summed E-state index contributed by atoms with van der Waals surface area (Å²) in [5.41, 5.74) is 15.7. The van der Waals surface area contributed by atoms with Crippen molar-refractivity contribution in [1.82, 2.24) is 8.97 Å². The van der Waals surface area contributed by atoms with E-state index in [9.17, 15) is 0 Å². The monoisotopic (exact) mass is 685 g/mol. The Morgan fingerprint density at radius 2 is 1.23 bits per heavy atom. The Balaban J connectivity index is 1.34. The largest absolute Gasteiger partial charge is 0.331 e. The number of benzene rings is 6. The number of para-hydroxylation sites is 2. The summed E-state index contributed by atoms with van der Waals surface area (Å²) in [4.78, 5) is 2.45. The number of aromatic nitrogens is 2. The molecule has 1 aliphatic carbocycles. The van der Waals surface area contributed by atoms with E-state index in [1.807, 2.05) is 0 Å². The Morgan fingerprint density at radius 3 is 1.92 bits per heavy atom. The maximum Gasteiger partial charge on any atom is 0.0633 e. The molecule has 9 aromatic rings. The topological polar surface area (TPSA) is 12.6 Å². The van der Waals surface area contributed by atoms with E-state index in [-0.39, 0.29) is 16.9 Å². The van der Waals surface area contributed by atoms with Gasteiger partial charge in [0.2, 0.25) is 0 Å². The van der Waals surface area contributed by atoms with Crippen molar-refractivity contribution in [3.05, 3.63) is 150 Å². The minimum absolute atomic E-state index is 0.00561. The predicted octanol–water partition coefficient (Wildman–Crippen LogP) is 13.9. The molecule has 1 aliphatic heterocycles. The van der Waals surface area contributed by atoms with Gasteiger partial charge in [-0.15, -0.1) is 0 Å². The quantitative estimate of drug-likeness (QED) is 0.180. The summed E-state index contributed by atoms with van der Waals surface area (Å²) in [6, 6.07) is 43.8. The molecule has 258 valence electrons. The SMILES string of the molecule is CC(C)(C)c1ccc2c(c1)c1cc(C(C)(C)C)cc3c4c5c(ccc4n2c13)c1c(N(c2ccccc2)c2ccccc2)ccc2c1n5C1CC=CC=C21. The first-order valence-corrected chi connectivity index (χ1v) is 19.1. The molecule has 2 aliphatic rings. The molecule has 3 heteroatoms. The number of hydrogen-bond donors (Lipinski definition) is 0. The van der Waals surface area contributed by atoms with Crippen molar-refractivity contribution in [2.75, 3.05) is 4.90 Å². The lowest BCUT2D eigenvalue weighted by molar-refractivity contribution is 0.590. The normalized spacial score (nSPS) is 15.9. The second-order valence-electron chi connectivity index (χ2n) is 17.4. The minimum Gasteiger partial charge on any atom is -0.331 e. The van der Waals surface area contributed by atoms with Gasteiger partial charge in [0.1, 0.15) is 0 Å². The highest BCUT2D eigenvalue weighted by Crippen LogP contribution is 2.55. The maximum atomic E-state index is 2.73. The van der Waals surface area contributed by atoms with Crippen LogP contribution in [-0.2, 0) is 10.8 Å². The van der Waals surface area contributed by atoms with Gasteiger partial charge in [-0.25, -0.2) is 0 Å². The van der Waals surface area contributed by atoms with Crippen molar-refractivity contribution in [2.24, 2.45) is 0 Å². The summed E-state index contributed by atoms with van der Waals surface area (Å²) >= 11 is 0. The van der Waals surface area contributed by atoms with Crippen molar-refractivity contribution in [1.29, 1.82) is 0 Å². The minimum atomic E-state index is -0.00561. The summed E-state index contributed by atoms with van der Waals surface area (Å²) in [6.07, 6.45) is 7.95. The highest BCUT2D eigenvalue weighted by molar-refractivity contribution is 6.33. The fourth-order valence-electron chi connectivity index (χ4n) is 9.62. The van der Waals surface area contributed by atoms with Gasteiger partial charge < -0.3 is 13.9 Å². The Labute approximate surface area is 310 Å². The third kappa shape index (κ3) is 4.11. The van der Waals surface area contributed by atoms with E-state index in [4.69, 9.17) is 0 Å². The Bertz CT molecular complexity index is 2990. The second-order valence-corrected chi connectivity index (χ2v) is 17.4. The van der Waals surface area contributed by atoms with Crippen LogP contribution in [0.2, 0.25) is 0 Å². The van der Waals surface area contributed by atoms with Crippen molar-refractivity contribution < 1.29 is 0 Å². The molecule has 0 radical (unpaired) electrons.